The van der Waals surface area contributed by atoms with E-state index >= 15 is 0 Å². The fourth-order valence-corrected chi connectivity index (χ4v) is 2.17. The van der Waals surface area contributed by atoms with Gasteiger partial charge in [-0.15, -0.1) is 0 Å². The standard InChI is InChI=1S/C16H18N2O2/c1-3-18(13-7-4-11(2)5-8-13)15-10-12(17)6-9-14(15)16(19)20/h4-10H,3,17H2,1-2H3,(H,19,20). The van der Waals surface area contributed by atoms with Crippen molar-refractivity contribution in [1.82, 2.24) is 0 Å². The molecule has 0 saturated heterocycles. The monoisotopic (exact) mass is 270 g/mol. The van der Waals surface area contributed by atoms with Gasteiger partial charge in [-0.3, -0.25) is 0 Å². The average Bonchev–Trinajstić information content (AvgIpc) is 2.41. The van der Waals surface area contributed by atoms with Gasteiger partial charge in [-0.05, 0) is 44.2 Å². The van der Waals surface area contributed by atoms with E-state index in [9.17, 15) is 9.90 Å². The van der Waals surface area contributed by atoms with Crippen LogP contribution in [-0.2, 0) is 0 Å². The predicted octanol–water partition coefficient (Wildman–Crippen LogP) is 3.43. The second kappa shape index (κ2) is 5.65. The third kappa shape index (κ3) is 2.74. The molecule has 2 rings (SSSR count). The van der Waals surface area contributed by atoms with Gasteiger partial charge >= 0.3 is 5.97 Å². The number of carboxylic acid groups (broad SMARTS) is 1. The van der Waals surface area contributed by atoms with Crippen LogP contribution in [0, 0.1) is 6.92 Å². The minimum absolute atomic E-state index is 0.252. The first-order valence-electron chi connectivity index (χ1n) is 6.50. The number of hydrogen-bond donors (Lipinski definition) is 2. The van der Waals surface area contributed by atoms with Crippen molar-refractivity contribution in [3.8, 4) is 0 Å². The average molecular weight is 270 g/mol. The number of rotatable bonds is 4. The zero-order chi connectivity index (χ0) is 14.7. The molecule has 0 amide bonds. The second-order valence-electron chi connectivity index (χ2n) is 4.66. The lowest BCUT2D eigenvalue weighted by molar-refractivity contribution is 0.0697. The van der Waals surface area contributed by atoms with Crippen LogP contribution >= 0.6 is 0 Å². The summed E-state index contributed by atoms with van der Waals surface area (Å²) in [5.74, 6) is -0.953. The van der Waals surface area contributed by atoms with Crippen LogP contribution in [0.1, 0.15) is 22.8 Å². The molecule has 4 nitrogen and oxygen atoms in total. The summed E-state index contributed by atoms with van der Waals surface area (Å²) in [7, 11) is 0. The molecule has 0 atom stereocenters. The molecule has 0 bridgehead atoms. The predicted molar refractivity (Wildman–Crippen MR) is 81.7 cm³/mol. The molecule has 4 heteroatoms. The fraction of sp³-hybridized carbons (Fsp3) is 0.188. The van der Waals surface area contributed by atoms with Crippen LogP contribution in [0.5, 0.6) is 0 Å². The maximum Gasteiger partial charge on any atom is 0.337 e. The van der Waals surface area contributed by atoms with Gasteiger partial charge in [-0.2, -0.15) is 0 Å². The molecule has 104 valence electrons. The van der Waals surface area contributed by atoms with Gasteiger partial charge in [-0.1, -0.05) is 17.7 Å². The molecule has 0 unspecified atom stereocenters. The Labute approximate surface area is 118 Å². The first-order valence-corrected chi connectivity index (χ1v) is 6.50. The van der Waals surface area contributed by atoms with Crippen LogP contribution in [0.2, 0.25) is 0 Å². The summed E-state index contributed by atoms with van der Waals surface area (Å²) in [6, 6.07) is 12.8. The van der Waals surface area contributed by atoms with Gasteiger partial charge in [0, 0.05) is 17.9 Å². The van der Waals surface area contributed by atoms with Gasteiger partial charge in [0.05, 0.1) is 11.3 Å². The van der Waals surface area contributed by atoms with Crippen LogP contribution in [0.3, 0.4) is 0 Å². The number of hydrogen-bond acceptors (Lipinski definition) is 3. The first-order chi connectivity index (χ1) is 9.52. The summed E-state index contributed by atoms with van der Waals surface area (Å²) in [6.45, 7) is 4.66. The molecular formula is C16H18N2O2. The van der Waals surface area contributed by atoms with E-state index in [0.29, 0.717) is 17.9 Å². The minimum Gasteiger partial charge on any atom is -0.478 e. The van der Waals surface area contributed by atoms with Crippen LogP contribution in [0.4, 0.5) is 17.1 Å². The number of anilines is 3. The molecule has 0 heterocycles. The third-order valence-corrected chi connectivity index (χ3v) is 3.20. The number of nitrogens with zero attached hydrogens (tertiary/aromatic N) is 1. The number of carboxylic acids is 1. The highest BCUT2D eigenvalue weighted by atomic mass is 16.4. The molecule has 0 aliphatic carbocycles. The molecule has 20 heavy (non-hydrogen) atoms. The molecule has 2 aromatic rings. The van der Waals surface area contributed by atoms with E-state index in [2.05, 4.69) is 0 Å². The van der Waals surface area contributed by atoms with Crippen molar-refractivity contribution in [2.24, 2.45) is 0 Å². The maximum absolute atomic E-state index is 11.4. The molecule has 0 saturated carbocycles. The summed E-state index contributed by atoms with van der Waals surface area (Å²) in [6.07, 6.45) is 0. The number of aryl methyl sites for hydroxylation is 1. The maximum atomic E-state index is 11.4. The van der Waals surface area contributed by atoms with Gasteiger partial charge in [0.1, 0.15) is 0 Å². The number of carbonyl (C=O) groups is 1. The van der Waals surface area contributed by atoms with E-state index in [1.807, 2.05) is 43.0 Å². The Bertz CT molecular complexity index is 621. The highest BCUT2D eigenvalue weighted by Gasteiger charge is 2.16. The molecule has 0 fully saturated rings. The van der Waals surface area contributed by atoms with Crippen molar-refractivity contribution < 1.29 is 9.90 Å². The Morgan fingerprint density at radius 2 is 1.85 bits per heavy atom. The SMILES string of the molecule is CCN(c1ccc(C)cc1)c1cc(N)ccc1C(=O)O. The van der Waals surface area contributed by atoms with Crippen molar-refractivity contribution in [3.05, 3.63) is 53.6 Å². The molecule has 0 spiro atoms. The molecule has 0 aliphatic heterocycles. The Hall–Kier alpha value is -2.49. The number of benzene rings is 2. The molecule has 0 aromatic heterocycles. The molecule has 0 aliphatic rings. The first kappa shape index (κ1) is 13.9. The van der Waals surface area contributed by atoms with E-state index in [-0.39, 0.29) is 5.56 Å². The van der Waals surface area contributed by atoms with Crippen molar-refractivity contribution in [2.45, 2.75) is 13.8 Å². The lowest BCUT2D eigenvalue weighted by Gasteiger charge is -2.25. The highest BCUT2D eigenvalue weighted by molar-refractivity contribution is 5.96. The van der Waals surface area contributed by atoms with Crippen molar-refractivity contribution in [2.75, 3.05) is 17.2 Å². The Kier molecular flexibility index (Phi) is 3.94. The minimum atomic E-state index is -0.953. The van der Waals surface area contributed by atoms with Crippen LogP contribution in [0.15, 0.2) is 42.5 Å². The van der Waals surface area contributed by atoms with Gasteiger partial charge in [0.15, 0.2) is 0 Å². The largest absolute Gasteiger partial charge is 0.478 e. The van der Waals surface area contributed by atoms with Crippen molar-refractivity contribution in [3.63, 3.8) is 0 Å². The quantitative estimate of drug-likeness (QED) is 0.835. The number of nitrogen functional groups attached to an aromatic ring is 1. The normalized spacial score (nSPS) is 10.3. The lowest BCUT2D eigenvalue weighted by Crippen LogP contribution is -2.19. The van der Waals surface area contributed by atoms with E-state index in [4.69, 9.17) is 5.73 Å². The molecule has 0 radical (unpaired) electrons. The smallest absolute Gasteiger partial charge is 0.337 e. The molecule has 2 aromatic carbocycles. The summed E-state index contributed by atoms with van der Waals surface area (Å²) in [5.41, 5.74) is 9.33. The van der Waals surface area contributed by atoms with Crippen molar-refractivity contribution in [1.29, 1.82) is 0 Å². The number of aromatic carboxylic acids is 1. The molecule has 3 N–H and O–H groups in total. The summed E-state index contributed by atoms with van der Waals surface area (Å²) < 4.78 is 0. The van der Waals surface area contributed by atoms with Gasteiger partial charge < -0.3 is 15.7 Å². The highest BCUT2D eigenvalue weighted by Crippen LogP contribution is 2.30. The fourth-order valence-electron chi connectivity index (χ4n) is 2.17. The van der Waals surface area contributed by atoms with Crippen LogP contribution in [-0.4, -0.2) is 17.6 Å². The topological polar surface area (TPSA) is 66.6 Å². The Balaban J connectivity index is 2.53. The zero-order valence-electron chi connectivity index (χ0n) is 11.6. The lowest BCUT2D eigenvalue weighted by atomic mass is 10.1. The van der Waals surface area contributed by atoms with Gasteiger partial charge in [0.2, 0.25) is 0 Å². The summed E-state index contributed by atoms with van der Waals surface area (Å²) in [5, 5.41) is 9.32. The van der Waals surface area contributed by atoms with Gasteiger partial charge in [0.25, 0.3) is 0 Å². The van der Waals surface area contributed by atoms with E-state index in [1.54, 1.807) is 18.2 Å². The Morgan fingerprint density at radius 1 is 1.20 bits per heavy atom. The zero-order valence-corrected chi connectivity index (χ0v) is 11.6. The van der Waals surface area contributed by atoms with E-state index in [1.165, 1.54) is 0 Å². The van der Waals surface area contributed by atoms with Crippen molar-refractivity contribution >= 4 is 23.0 Å². The van der Waals surface area contributed by atoms with E-state index < -0.39 is 5.97 Å². The second-order valence-corrected chi connectivity index (χ2v) is 4.66. The van der Waals surface area contributed by atoms with Gasteiger partial charge in [-0.25, -0.2) is 4.79 Å². The summed E-state index contributed by atoms with van der Waals surface area (Å²) in [4.78, 5) is 13.3. The van der Waals surface area contributed by atoms with Crippen LogP contribution in [0.25, 0.3) is 0 Å². The summed E-state index contributed by atoms with van der Waals surface area (Å²) >= 11 is 0. The van der Waals surface area contributed by atoms with E-state index in [0.717, 1.165) is 11.3 Å². The molecular weight excluding hydrogens is 252 g/mol. The number of nitrogens with two attached hydrogens (primary N) is 1. The third-order valence-electron chi connectivity index (χ3n) is 3.20. The Morgan fingerprint density at radius 3 is 2.40 bits per heavy atom. The van der Waals surface area contributed by atoms with Crippen LogP contribution < -0.4 is 10.6 Å².